The summed E-state index contributed by atoms with van der Waals surface area (Å²) >= 11 is 0. The number of hydrogen-bond acceptors (Lipinski definition) is 10. The van der Waals surface area contributed by atoms with E-state index in [1.807, 2.05) is 60.7 Å². The summed E-state index contributed by atoms with van der Waals surface area (Å²) in [6.07, 6.45) is 3.30. The fourth-order valence-corrected chi connectivity index (χ4v) is 7.41. The van der Waals surface area contributed by atoms with Gasteiger partial charge in [-0.05, 0) is 35.4 Å². The Hall–Kier alpha value is -5.09. The summed E-state index contributed by atoms with van der Waals surface area (Å²) < 4.78 is 29.7. The molecule has 0 bridgehead atoms. The SMILES string of the molecule is COC(=O)[C@@H]1[C@@H](c2ccccc2)[C@]2(c3ccc(OC)cc3)Oc3cc(OC)cc(OC)c3[C@@]23NC(c2cccnc2)=N[C@@]13O. The molecule has 3 aromatic carbocycles. The van der Waals surface area contributed by atoms with Gasteiger partial charge in [-0.3, -0.25) is 9.78 Å². The third kappa shape index (κ3) is 3.42. The van der Waals surface area contributed by atoms with Gasteiger partial charge in [0.1, 0.15) is 34.8 Å². The standard InChI is InChI=1S/C34H31N3O7/c1-40-23-14-12-22(13-15-23)32-27(20-9-6-5-7-10-20)29(31(38)43-4)34(39)33(32,36-30(37-34)21-11-8-16-35-19-21)28-25(42-3)17-24(41-2)18-26(28)44-32/h5-19,27,29,39H,1-4H3,(H,36,37)/t27-,29+,32+,33-,34-/m1/s1. The summed E-state index contributed by atoms with van der Waals surface area (Å²) in [4.78, 5) is 23.3. The number of nitrogens with one attached hydrogen (secondary N) is 1. The van der Waals surface area contributed by atoms with Gasteiger partial charge in [0.15, 0.2) is 11.1 Å². The smallest absolute Gasteiger partial charge is 0.314 e. The van der Waals surface area contributed by atoms with Gasteiger partial charge in [0.2, 0.25) is 5.72 Å². The minimum atomic E-state index is -2.14. The Morgan fingerprint density at radius 1 is 0.909 bits per heavy atom. The number of pyridine rings is 1. The predicted molar refractivity (Wildman–Crippen MR) is 160 cm³/mol. The maximum atomic E-state index is 14.0. The molecule has 4 aromatic rings. The number of methoxy groups -OCH3 is 4. The molecule has 7 rings (SSSR count). The van der Waals surface area contributed by atoms with Crippen LogP contribution in [0.1, 0.15) is 28.2 Å². The van der Waals surface area contributed by atoms with E-state index in [1.54, 1.807) is 44.8 Å². The van der Waals surface area contributed by atoms with E-state index in [-0.39, 0.29) is 0 Å². The highest BCUT2D eigenvalue weighted by molar-refractivity contribution is 6.02. The number of ether oxygens (including phenoxy) is 5. The fraction of sp³-hybridized carbons (Fsp3) is 0.265. The zero-order valence-electron chi connectivity index (χ0n) is 24.6. The summed E-state index contributed by atoms with van der Waals surface area (Å²) in [6, 6.07) is 24.0. The molecular formula is C34H31N3O7. The van der Waals surface area contributed by atoms with Crippen molar-refractivity contribution in [1.29, 1.82) is 0 Å². The van der Waals surface area contributed by atoms with E-state index in [2.05, 4.69) is 10.3 Å². The molecule has 3 heterocycles. The monoisotopic (exact) mass is 593 g/mol. The average molecular weight is 594 g/mol. The van der Waals surface area contributed by atoms with E-state index in [9.17, 15) is 9.90 Å². The van der Waals surface area contributed by atoms with Gasteiger partial charge >= 0.3 is 5.97 Å². The number of rotatable bonds is 7. The Morgan fingerprint density at radius 2 is 1.66 bits per heavy atom. The van der Waals surface area contributed by atoms with E-state index in [0.717, 1.165) is 5.56 Å². The first kappa shape index (κ1) is 27.7. The zero-order chi connectivity index (χ0) is 30.7. The van der Waals surface area contributed by atoms with Crippen molar-refractivity contribution in [3.63, 3.8) is 0 Å². The van der Waals surface area contributed by atoms with Crippen molar-refractivity contribution in [1.82, 2.24) is 10.3 Å². The molecule has 1 aliphatic carbocycles. The summed E-state index contributed by atoms with van der Waals surface area (Å²) in [5.41, 5.74) is -2.69. The largest absolute Gasteiger partial charge is 0.497 e. The molecule has 2 aliphatic heterocycles. The lowest BCUT2D eigenvalue weighted by Crippen LogP contribution is -2.63. The lowest BCUT2D eigenvalue weighted by molar-refractivity contribution is -0.156. The van der Waals surface area contributed by atoms with Crippen molar-refractivity contribution in [3.8, 4) is 23.0 Å². The van der Waals surface area contributed by atoms with Crippen LogP contribution in [0.15, 0.2) is 96.2 Å². The molecule has 3 aliphatic rings. The Kier molecular flexibility index (Phi) is 6.29. The molecule has 44 heavy (non-hydrogen) atoms. The molecule has 5 atom stereocenters. The summed E-state index contributed by atoms with van der Waals surface area (Å²) in [5, 5.41) is 16.9. The molecule has 0 radical (unpaired) electrons. The van der Waals surface area contributed by atoms with Crippen LogP contribution in [0.25, 0.3) is 0 Å². The third-order valence-corrected chi connectivity index (χ3v) is 9.11. The molecule has 1 spiro atoms. The minimum Gasteiger partial charge on any atom is -0.497 e. The number of aromatic nitrogens is 1. The Balaban J connectivity index is 1.64. The first-order valence-electron chi connectivity index (χ1n) is 14.1. The normalized spacial score (nSPS) is 27.6. The second-order valence-electron chi connectivity index (χ2n) is 11.0. The molecule has 10 nitrogen and oxygen atoms in total. The average Bonchev–Trinajstić information content (AvgIpc) is 3.61. The van der Waals surface area contributed by atoms with Gasteiger partial charge in [-0.2, -0.15) is 0 Å². The van der Waals surface area contributed by atoms with Crippen LogP contribution in [0.2, 0.25) is 0 Å². The van der Waals surface area contributed by atoms with Gasteiger partial charge in [0.05, 0.1) is 34.0 Å². The summed E-state index contributed by atoms with van der Waals surface area (Å²) in [5.74, 6) is -0.391. The maximum Gasteiger partial charge on any atom is 0.314 e. The van der Waals surface area contributed by atoms with Crippen molar-refractivity contribution in [3.05, 3.63) is 114 Å². The highest BCUT2D eigenvalue weighted by Crippen LogP contribution is 2.75. The fourth-order valence-electron chi connectivity index (χ4n) is 7.41. The second kappa shape index (κ2) is 9.99. The van der Waals surface area contributed by atoms with E-state index < -0.39 is 34.7 Å². The number of carbonyl (C=O) groups excluding carboxylic acids is 1. The number of fused-ring (bicyclic) bond motifs is 1. The number of esters is 1. The van der Waals surface area contributed by atoms with Gasteiger partial charge in [-0.15, -0.1) is 0 Å². The number of aliphatic imine (C=N–C) groups is 1. The van der Waals surface area contributed by atoms with Crippen molar-refractivity contribution in [2.45, 2.75) is 22.8 Å². The molecule has 10 heteroatoms. The molecule has 1 fully saturated rings. The second-order valence-corrected chi connectivity index (χ2v) is 11.0. The van der Waals surface area contributed by atoms with Crippen molar-refractivity contribution in [2.75, 3.05) is 28.4 Å². The highest BCUT2D eigenvalue weighted by atomic mass is 16.5. The topological polar surface area (TPSA) is 121 Å². The Bertz CT molecular complexity index is 1770. The quantitative estimate of drug-likeness (QED) is 0.307. The maximum absolute atomic E-state index is 14.0. The molecule has 2 N–H and O–H groups in total. The van der Waals surface area contributed by atoms with Crippen LogP contribution in [-0.4, -0.2) is 56.1 Å². The zero-order valence-corrected chi connectivity index (χ0v) is 24.6. The molecule has 1 saturated carbocycles. The molecule has 0 amide bonds. The van der Waals surface area contributed by atoms with Crippen LogP contribution in [0, 0.1) is 5.92 Å². The van der Waals surface area contributed by atoms with Gasteiger partial charge in [0.25, 0.3) is 0 Å². The number of hydrogen-bond donors (Lipinski definition) is 2. The van der Waals surface area contributed by atoms with Crippen LogP contribution in [0.5, 0.6) is 23.0 Å². The van der Waals surface area contributed by atoms with Gasteiger partial charge in [-0.25, -0.2) is 4.99 Å². The summed E-state index contributed by atoms with van der Waals surface area (Å²) in [7, 11) is 6.00. The van der Waals surface area contributed by atoms with Gasteiger partial charge in [-0.1, -0.05) is 42.5 Å². The number of nitrogens with zero attached hydrogens (tertiary/aromatic N) is 2. The Morgan fingerprint density at radius 3 is 2.30 bits per heavy atom. The van der Waals surface area contributed by atoms with Crippen LogP contribution >= 0.6 is 0 Å². The third-order valence-electron chi connectivity index (χ3n) is 9.11. The molecule has 1 aromatic heterocycles. The molecular weight excluding hydrogens is 562 g/mol. The van der Waals surface area contributed by atoms with Gasteiger partial charge in [0, 0.05) is 36.0 Å². The highest BCUT2D eigenvalue weighted by Gasteiger charge is 2.87. The van der Waals surface area contributed by atoms with E-state index in [0.29, 0.717) is 45.5 Å². The van der Waals surface area contributed by atoms with Gasteiger partial charge < -0.3 is 34.1 Å². The predicted octanol–water partition coefficient (Wildman–Crippen LogP) is 3.92. The van der Waals surface area contributed by atoms with Crippen molar-refractivity contribution >= 4 is 11.8 Å². The molecule has 0 unspecified atom stereocenters. The van der Waals surface area contributed by atoms with Crippen LogP contribution < -0.4 is 24.3 Å². The molecule has 224 valence electrons. The van der Waals surface area contributed by atoms with Crippen molar-refractivity contribution in [2.24, 2.45) is 10.9 Å². The number of carbonyl (C=O) groups is 1. The van der Waals surface area contributed by atoms with E-state index in [4.69, 9.17) is 28.7 Å². The van der Waals surface area contributed by atoms with Crippen LogP contribution in [0.3, 0.4) is 0 Å². The van der Waals surface area contributed by atoms with E-state index >= 15 is 0 Å². The van der Waals surface area contributed by atoms with E-state index in [1.165, 1.54) is 14.2 Å². The lowest BCUT2D eigenvalue weighted by atomic mass is 9.68. The first-order valence-corrected chi connectivity index (χ1v) is 14.1. The van der Waals surface area contributed by atoms with Crippen molar-refractivity contribution < 1.29 is 33.6 Å². The minimum absolute atomic E-state index is 0.341. The number of amidine groups is 1. The van der Waals surface area contributed by atoms with Crippen LogP contribution in [-0.2, 0) is 20.7 Å². The number of benzene rings is 3. The Labute approximate surface area is 254 Å². The molecule has 0 saturated heterocycles. The number of aliphatic hydroxyl groups is 1. The van der Waals surface area contributed by atoms with Crippen LogP contribution in [0.4, 0.5) is 0 Å². The summed E-state index contributed by atoms with van der Waals surface area (Å²) in [6.45, 7) is 0. The lowest BCUT2D eigenvalue weighted by Gasteiger charge is -2.44. The first-order chi connectivity index (χ1) is 21.4.